The lowest BCUT2D eigenvalue weighted by molar-refractivity contribution is -0.127. The molecule has 1 aliphatic rings. The van der Waals surface area contributed by atoms with Gasteiger partial charge < -0.3 is 9.73 Å². The van der Waals surface area contributed by atoms with Gasteiger partial charge >= 0.3 is 0 Å². The fraction of sp³-hybridized carbons (Fsp3) is 0.333. The zero-order valence-electron chi connectivity index (χ0n) is 17.4. The van der Waals surface area contributed by atoms with E-state index in [2.05, 4.69) is 21.2 Å². The summed E-state index contributed by atoms with van der Waals surface area (Å²) in [5.74, 6) is -0.811. The summed E-state index contributed by atoms with van der Waals surface area (Å²) < 4.78 is 20.3. The number of furan rings is 1. The second-order valence-corrected chi connectivity index (χ2v) is 9.70. The molecule has 0 radical (unpaired) electrons. The molecule has 0 spiro atoms. The van der Waals surface area contributed by atoms with Crippen LogP contribution in [0.3, 0.4) is 0 Å². The molecule has 2 heterocycles. The Kier molecular flexibility index (Phi) is 7.42. The van der Waals surface area contributed by atoms with Gasteiger partial charge in [0.2, 0.25) is 5.91 Å². The molecule has 1 N–H and O–H groups in total. The Bertz CT molecular complexity index is 1060. The normalized spacial score (nSPS) is 15.3. The second-order valence-electron chi connectivity index (χ2n) is 7.89. The average molecular weight is 519 g/mol. The van der Waals surface area contributed by atoms with Crippen LogP contribution in [-0.4, -0.2) is 17.9 Å². The van der Waals surface area contributed by atoms with Gasteiger partial charge in [-0.3, -0.25) is 14.5 Å². The summed E-state index contributed by atoms with van der Waals surface area (Å²) in [6.45, 7) is 0. The number of anilines is 1. The highest BCUT2D eigenvalue weighted by atomic mass is 79.9. The number of benzene rings is 1. The molecule has 1 saturated carbocycles. The fourth-order valence-corrected chi connectivity index (χ4v) is 5.10. The lowest BCUT2D eigenvalue weighted by Crippen LogP contribution is -2.47. The van der Waals surface area contributed by atoms with E-state index in [1.807, 2.05) is 17.5 Å². The first-order chi connectivity index (χ1) is 15.5. The van der Waals surface area contributed by atoms with Gasteiger partial charge in [-0.2, -0.15) is 0 Å². The highest BCUT2D eigenvalue weighted by Crippen LogP contribution is 2.32. The Morgan fingerprint density at radius 1 is 1.16 bits per heavy atom. The molecule has 4 rings (SSSR count). The van der Waals surface area contributed by atoms with Crippen LogP contribution in [0.5, 0.6) is 0 Å². The number of amides is 2. The first kappa shape index (κ1) is 22.7. The van der Waals surface area contributed by atoms with Crippen molar-refractivity contribution in [3.63, 3.8) is 0 Å². The van der Waals surface area contributed by atoms with E-state index in [4.69, 9.17) is 4.42 Å². The monoisotopic (exact) mass is 518 g/mol. The lowest BCUT2D eigenvalue weighted by atomic mass is 9.95. The van der Waals surface area contributed by atoms with E-state index in [1.54, 1.807) is 18.2 Å². The Morgan fingerprint density at radius 3 is 2.62 bits per heavy atom. The van der Waals surface area contributed by atoms with Crippen molar-refractivity contribution in [2.75, 3.05) is 4.90 Å². The molecule has 0 bridgehead atoms. The summed E-state index contributed by atoms with van der Waals surface area (Å²) >= 11 is 4.75. The summed E-state index contributed by atoms with van der Waals surface area (Å²) in [4.78, 5) is 29.3. The van der Waals surface area contributed by atoms with E-state index < -0.39 is 11.9 Å². The minimum Gasteiger partial charge on any atom is -0.452 e. The Morgan fingerprint density at radius 2 is 1.97 bits per heavy atom. The Hall–Kier alpha value is -2.45. The van der Waals surface area contributed by atoms with E-state index in [-0.39, 0.29) is 24.3 Å². The van der Waals surface area contributed by atoms with Crippen molar-refractivity contribution in [2.45, 2.75) is 50.6 Å². The van der Waals surface area contributed by atoms with Crippen LogP contribution in [0.15, 0.2) is 63.0 Å². The van der Waals surface area contributed by atoms with Crippen molar-refractivity contribution in [3.8, 4) is 0 Å². The largest absolute Gasteiger partial charge is 0.452 e. The number of rotatable bonds is 7. The molecule has 168 valence electrons. The molecule has 32 heavy (non-hydrogen) atoms. The van der Waals surface area contributed by atoms with Crippen LogP contribution in [0, 0.1) is 5.82 Å². The molecule has 1 unspecified atom stereocenters. The number of nitrogens with zero attached hydrogens (tertiary/aromatic N) is 1. The van der Waals surface area contributed by atoms with Crippen LogP contribution in [0.25, 0.3) is 0 Å². The quantitative estimate of drug-likeness (QED) is 0.416. The van der Waals surface area contributed by atoms with Gasteiger partial charge in [-0.05, 0) is 70.5 Å². The maximum atomic E-state index is 14.1. The number of thiophene rings is 1. The zero-order valence-corrected chi connectivity index (χ0v) is 19.8. The average Bonchev–Trinajstić information content (AvgIpc) is 3.44. The van der Waals surface area contributed by atoms with Gasteiger partial charge in [0, 0.05) is 16.6 Å². The lowest BCUT2D eigenvalue weighted by Gasteiger charge is -2.32. The van der Waals surface area contributed by atoms with Crippen molar-refractivity contribution in [2.24, 2.45) is 0 Å². The van der Waals surface area contributed by atoms with E-state index >= 15 is 0 Å². The molecule has 2 amide bonds. The maximum absolute atomic E-state index is 14.1. The van der Waals surface area contributed by atoms with Gasteiger partial charge in [0.1, 0.15) is 11.6 Å². The van der Waals surface area contributed by atoms with Crippen molar-refractivity contribution in [1.29, 1.82) is 0 Å². The number of halogens is 2. The smallest absolute Gasteiger partial charge is 0.251 e. The molecular weight excluding hydrogens is 495 g/mol. The van der Waals surface area contributed by atoms with E-state index in [0.717, 1.165) is 37.0 Å². The highest BCUT2D eigenvalue weighted by molar-refractivity contribution is 9.10. The van der Waals surface area contributed by atoms with Crippen LogP contribution >= 0.6 is 27.3 Å². The molecule has 0 saturated heterocycles. The maximum Gasteiger partial charge on any atom is 0.251 e. The minimum absolute atomic E-state index is 0.0545. The third-order valence-corrected chi connectivity index (χ3v) is 6.88. The van der Waals surface area contributed by atoms with Crippen molar-refractivity contribution in [3.05, 3.63) is 75.0 Å². The molecule has 5 nitrogen and oxygen atoms in total. The van der Waals surface area contributed by atoms with E-state index in [9.17, 15) is 14.0 Å². The van der Waals surface area contributed by atoms with Gasteiger partial charge in [-0.1, -0.05) is 31.4 Å². The van der Waals surface area contributed by atoms with Crippen LogP contribution in [-0.2, 0) is 16.0 Å². The van der Waals surface area contributed by atoms with Crippen molar-refractivity contribution >= 4 is 44.8 Å². The van der Waals surface area contributed by atoms with Crippen molar-refractivity contribution < 1.29 is 18.4 Å². The summed E-state index contributed by atoms with van der Waals surface area (Å²) in [6, 6.07) is 11.8. The summed E-state index contributed by atoms with van der Waals surface area (Å²) in [5.41, 5.74) is 0.308. The topological polar surface area (TPSA) is 62.6 Å². The number of carbonyl (C=O) groups is 2. The Labute approximate surface area is 198 Å². The predicted molar refractivity (Wildman–Crippen MR) is 126 cm³/mol. The van der Waals surface area contributed by atoms with Crippen molar-refractivity contribution in [1.82, 2.24) is 5.32 Å². The number of hydrogen-bond acceptors (Lipinski definition) is 4. The summed E-state index contributed by atoms with van der Waals surface area (Å²) in [7, 11) is 0. The first-order valence-electron chi connectivity index (χ1n) is 10.7. The molecule has 3 aromatic rings. The van der Waals surface area contributed by atoms with E-state index in [1.165, 1.54) is 34.4 Å². The van der Waals surface area contributed by atoms with Crippen LogP contribution in [0.4, 0.5) is 10.1 Å². The summed E-state index contributed by atoms with van der Waals surface area (Å²) in [6.07, 6.45) is 5.20. The Balaban J connectivity index is 1.72. The third kappa shape index (κ3) is 5.48. The van der Waals surface area contributed by atoms with Gasteiger partial charge in [-0.15, -0.1) is 11.3 Å². The minimum atomic E-state index is -1.06. The molecule has 1 atom stereocenters. The molecule has 1 aromatic carbocycles. The SMILES string of the molecule is O=C(NC1CCCCC1)C(c1ccc(Br)o1)N(C(=O)Cc1cccs1)c1cccc(F)c1. The van der Waals surface area contributed by atoms with Crippen LogP contribution < -0.4 is 10.2 Å². The molecule has 0 aliphatic heterocycles. The van der Waals surface area contributed by atoms with Gasteiger partial charge in [0.05, 0.1) is 6.42 Å². The number of carbonyl (C=O) groups excluding carboxylic acids is 2. The van der Waals surface area contributed by atoms with Gasteiger partial charge in [-0.25, -0.2) is 4.39 Å². The molecular formula is C24H24BrFN2O3S. The second kappa shape index (κ2) is 10.4. The standard InChI is InChI=1S/C24H24BrFN2O3S/c25-21-12-11-20(31-21)23(24(30)27-17-7-2-1-3-8-17)28(18-9-4-6-16(26)14-18)22(29)15-19-10-5-13-32-19/h4-6,9-14,17,23H,1-3,7-8,15H2,(H,27,30). The molecule has 1 fully saturated rings. The predicted octanol–water partition coefficient (Wildman–Crippen LogP) is 6.01. The first-order valence-corrected chi connectivity index (χ1v) is 12.3. The van der Waals surface area contributed by atoms with Crippen LogP contribution in [0.1, 0.15) is 48.8 Å². The third-order valence-electron chi connectivity index (χ3n) is 5.58. The number of hydrogen-bond donors (Lipinski definition) is 1. The van der Waals surface area contributed by atoms with Gasteiger partial charge in [0.25, 0.3) is 5.91 Å². The zero-order chi connectivity index (χ0) is 22.5. The highest BCUT2D eigenvalue weighted by Gasteiger charge is 2.36. The van der Waals surface area contributed by atoms with E-state index in [0.29, 0.717) is 16.1 Å². The van der Waals surface area contributed by atoms with Gasteiger partial charge in [0.15, 0.2) is 10.7 Å². The fourth-order valence-electron chi connectivity index (χ4n) is 4.09. The molecule has 1 aliphatic carbocycles. The molecule has 2 aromatic heterocycles. The van der Waals surface area contributed by atoms with Crippen LogP contribution in [0.2, 0.25) is 0 Å². The molecule has 8 heteroatoms. The number of nitrogens with one attached hydrogen (secondary N) is 1. The summed E-state index contributed by atoms with van der Waals surface area (Å²) in [5, 5.41) is 5.00.